The van der Waals surface area contributed by atoms with Gasteiger partial charge in [-0.3, -0.25) is 0 Å². The van der Waals surface area contributed by atoms with Crippen molar-refractivity contribution in [1.29, 1.82) is 0 Å². The molecule has 0 aliphatic heterocycles. The van der Waals surface area contributed by atoms with E-state index in [1.165, 1.54) is 25.7 Å². The number of nitrogens with zero attached hydrogens (tertiary/aromatic N) is 2. The molecule has 4 heteroatoms. The molecule has 4 nitrogen and oxygen atoms in total. The predicted octanol–water partition coefficient (Wildman–Crippen LogP) is 3.17. The summed E-state index contributed by atoms with van der Waals surface area (Å²) in [5.74, 6) is 0.857. The molecule has 1 aromatic heterocycles. The third-order valence-corrected chi connectivity index (χ3v) is 4.13. The standard InChI is InChI=1S/C16H27N3O/c1-13(2)17-10-14-11-18-15(19-12-14)16(20-3)8-6-4-5-7-9-16/h11-13,17H,4-10H2,1-3H3. The fourth-order valence-corrected chi connectivity index (χ4v) is 2.82. The van der Waals surface area contributed by atoms with Gasteiger partial charge in [-0.1, -0.05) is 39.5 Å². The lowest BCUT2D eigenvalue weighted by Gasteiger charge is -2.29. The Hall–Kier alpha value is -1.00. The van der Waals surface area contributed by atoms with Crippen LogP contribution in [0, 0.1) is 0 Å². The molecule has 1 heterocycles. The molecule has 1 saturated carbocycles. The Kier molecular flexibility index (Phi) is 5.49. The fourth-order valence-electron chi connectivity index (χ4n) is 2.82. The van der Waals surface area contributed by atoms with E-state index in [1.807, 2.05) is 12.4 Å². The largest absolute Gasteiger partial charge is 0.370 e. The van der Waals surface area contributed by atoms with Crippen molar-refractivity contribution in [1.82, 2.24) is 15.3 Å². The Morgan fingerprint density at radius 1 is 1.15 bits per heavy atom. The van der Waals surface area contributed by atoms with Crippen LogP contribution in [0.1, 0.15) is 63.8 Å². The van der Waals surface area contributed by atoms with Gasteiger partial charge in [-0.2, -0.15) is 0 Å². The highest BCUT2D eigenvalue weighted by Crippen LogP contribution is 2.36. The average Bonchev–Trinajstić information content (AvgIpc) is 2.72. The minimum absolute atomic E-state index is 0.263. The molecule has 1 aromatic rings. The van der Waals surface area contributed by atoms with E-state index >= 15 is 0 Å². The van der Waals surface area contributed by atoms with Crippen molar-refractivity contribution < 1.29 is 4.74 Å². The van der Waals surface area contributed by atoms with E-state index in [0.717, 1.165) is 30.8 Å². The van der Waals surface area contributed by atoms with Gasteiger partial charge in [0, 0.05) is 37.7 Å². The van der Waals surface area contributed by atoms with E-state index in [4.69, 9.17) is 4.74 Å². The molecule has 0 radical (unpaired) electrons. The van der Waals surface area contributed by atoms with Gasteiger partial charge >= 0.3 is 0 Å². The van der Waals surface area contributed by atoms with Crippen molar-refractivity contribution in [2.75, 3.05) is 7.11 Å². The highest BCUT2D eigenvalue weighted by molar-refractivity contribution is 5.10. The minimum Gasteiger partial charge on any atom is -0.370 e. The lowest BCUT2D eigenvalue weighted by molar-refractivity contribution is -0.0352. The molecule has 0 aromatic carbocycles. The molecule has 0 bridgehead atoms. The maximum absolute atomic E-state index is 5.84. The maximum Gasteiger partial charge on any atom is 0.160 e. The highest BCUT2D eigenvalue weighted by Gasteiger charge is 2.35. The van der Waals surface area contributed by atoms with Crippen molar-refractivity contribution >= 4 is 0 Å². The summed E-state index contributed by atoms with van der Waals surface area (Å²) in [6.45, 7) is 5.10. The average molecular weight is 277 g/mol. The van der Waals surface area contributed by atoms with E-state index in [2.05, 4.69) is 29.1 Å². The molecule has 20 heavy (non-hydrogen) atoms. The molecule has 0 spiro atoms. The van der Waals surface area contributed by atoms with E-state index in [0.29, 0.717) is 6.04 Å². The van der Waals surface area contributed by atoms with Gasteiger partial charge in [0.1, 0.15) is 5.60 Å². The van der Waals surface area contributed by atoms with E-state index in [9.17, 15) is 0 Å². The molecule has 0 amide bonds. The zero-order chi connectivity index (χ0) is 14.4. The topological polar surface area (TPSA) is 47.0 Å². The fraction of sp³-hybridized carbons (Fsp3) is 0.750. The lowest BCUT2D eigenvalue weighted by Crippen LogP contribution is -2.30. The molecule has 0 unspecified atom stereocenters. The van der Waals surface area contributed by atoms with Crippen LogP contribution in [0.5, 0.6) is 0 Å². The Labute approximate surface area is 122 Å². The molecule has 1 aliphatic rings. The monoisotopic (exact) mass is 277 g/mol. The van der Waals surface area contributed by atoms with Crippen LogP contribution in [0.2, 0.25) is 0 Å². The quantitative estimate of drug-likeness (QED) is 0.840. The Balaban J connectivity index is 2.10. The van der Waals surface area contributed by atoms with Crippen LogP contribution in [0.25, 0.3) is 0 Å². The number of aromatic nitrogens is 2. The first-order valence-corrected chi connectivity index (χ1v) is 7.76. The van der Waals surface area contributed by atoms with Crippen molar-refractivity contribution in [2.45, 2.75) is 70.6 Å². The lowest BCUT2D eigenvalue weighted by atomic mass is 9.93. The van der Waals surface area contributed by atoms with Crippen LogP contribution in [-0.4, -0.2) is 23.1 Å². The Morgan fingerprint density at radius 3 is 2.25 bits per heavy atom. The molecule has 2 rings (SSSR count). The second kappa shape index (κ2) is 7.14. The first kappa shape index (κ1) is 15.4. The Bertz CT molecular complexity index is 395. The van der Waals surface area contributed by atoms with Crippen molar-refractivity contribution in [3.05, 3.63) is 23.8 Å². The van der Waals surface area contributed by atoms with Crippen LogP contribution in [0.3, 0.4) is 0 Å². The Morgan fingerprint density at radius 2 is 1.75 bits per heavy atom. The van der Waals surface area contributed by atoms with Gasteiger partial charge in [0.2, 0.25) is 0 Å². The summed E-state index contributed by atoms with van der Waals surface area (Å²) < 4.78 is 5.84. The van der Waals surface area contributed by atoms with Gasteiger partial charge < -0.3 is 10.1 Å². The summed E-state index contributed by atoms with van der Waals surface area (Å²) in [5.41, 5.74) is 0.864. The third kappa shape index (κ3) is 3.76. The minimum atomic E-state index is -0.263. The maximum atomic E-state index is 5.84. The molecule has 112 valence electrons. The van der Waals surface area contributed by atoms with Crippen LogP contribution in [0.4, 0.5) is 0 Å². The number of methoxy groups -OCH3 is 1. The third-order valence-electron chi connectivity index (χ3n) is 4.13. The second-order valence-electron chi connectivity index (χ2n) is 6.06. The number of hydrogen-bond donors (Lipinski definition) is 1. The predicted molar refractivity (Wildman–Crippen MR) is 80.4 cm³/mol. The molecule has 0 saturated heterocycles. The summed E-state index contributed by atoms with van der Waals surface area (Å²) in [7, 11) is 1.79. The molecular formula is C16H27N3O. The summed E-state index contributed by atoms with van der Waals surface area (Å²) >= 11 is 0. The number of hydrogen-bond acceptors (Lipinski definition) is 4. The smallest absolute Gasteiger partial charge is 0.160 e. The number of ether oxygens (including phenoxy) is 1. The van der Waals surface area contributed by atoms with Crippen LogP contribution < -0.4 is 5.32 Å². The zero-order valence-electron chi connectivity index (χ0n) is 13.0. The van der Waals surface area contributed by atoms with Gasteiger partial charge in [-0.25, -0.2) is 9.97 Å². The second-order valence-corrected chi connectivity index (χ2v) is 6.06. The van der Waals surface area contributed by atoms with E-state index < -0.39 is 0 Å². The zero-order valence-corrected chi connectivity index (χ0v) is 13.0. The van der Waals surface area contributed by atoms with Crippen molar-refractivity contribution in [3.63, 3.8) is 0 Å². The van der Waals surface area contributed by atoms with Gasteiger partial charge in [0.15, 0.2) is 5.82 Å². The molecule has 1 aliphatic carbocycles. The molecule has 0 atom stereocenters. The van der Waals surface area contributed by atoms with Gasteiger partial charge in [-0.05, 0) is 12.8 Å². The summed E-state index contributed by atoms with van der Waals surface area (Å²) in [4.78, 5) is 9.18. The van der Waals surface area contributed by atoms with Crippen LogP contribution >= 0.6 is 0 Å². The summed E-state index contributed by atoms with van der Waals surface area (Å²) in [5, 5.41) is 3.38. The molecule has 1 N–H and O–H groups in total. The normalized spacial score (nSPS) is 19.0. The van der Waals surface area contributed by atoms with E-state index in [-0.39, 0.29) is 5.60 Å². The SMILES string of the molecule is COC1(c2ncc(CNC(C)C)cn2)CCCCCC1. The van der Waals surface area contributed by atoms with Gasteiger partial charge in [-0.15, -0.1) is 0 Å². The number of nitrogens with one attached hydrogen (secondary N) is 1. The number of rotatable bonds is 5. The van der Waals surface area contributed by atoms with E-state index in [1.54, 1.807) is 7.11 Å². The van der Waals surface area contributed by atoms with Crippen LogP contribution in [0.15, 0.2) is 12.4 Å². The van der Waals surface area contributed by atoms with Gasteiger partial charge in [0.05, 0.1) is 0 Å². The first-order chi connectivity index (χ1) is 9.66. The summed E-state index contributed by atoms with van der Waals surface area (Å²) in [6.07, 6.45) is 10.9. The van der Waals surface area contributed by atoms with Crippen LogP contribution in [-0.2, 0) is 16.9 Å². The van der Waals surface area contributed by atoms with Crippen molar-refractivity contribution in [3.8, 4) is 0 Å². The molecular weight excluding hydrogens is 250 g/mol. The molecule has 1 fully saturated rings. The highest BCUT2D eigenvalue weighted by atomic mass is 16.5. The van der Waals surface area contributed by atoms with Crippen molar-refractivity contribution in [2.24, 2.45) is 0 Å². The van der Waals surface area contributed by atoms with Gasteiger partial charge in [0.25, 0.3) is 0 Å². The first-order valence-electron chi connectivity index (χ1n) is 7.76. The summed E-state index contributed by atoms with van der Waals surface area (Å²) in [6, 6.07) is 0.474.